The van der Waals surface area contributed by atoms with Gasteiger partial charge in [-0.25, -0.2) is 35.6 Å². The number of nitrogens with one attached hydrogen (secondary N) is 2. The SMILES string of the molecule is CCN(CC)c1ccc2c(-c3ccc(S(=O)(=O)NCCOCCOCCOCCn4cc(CNC(=O)OC5Cc6ccccc6C#Cc6ccccc65)nn4)cc3S(=O)(=O)[O-])c3ccc(=[N+](CC)CC)cc-3oc2c1. The van der Waals surface area contributed by atoms with E-state index in [1.807, 2.05) is 113 Å². The summed E-state index contributed by atoms with van der Waals surface area (Å²) in [5.41, 5.74) is 6.55. The van der Waals surface area contributed by atoms with Crippen molar-refractivity contribution in [2.24, 2.45) is 0 Å². The lowest BCUT2D eigenvalue weighted by atomic mass is 9.92. The Morgan fingerprint density at radius 2 is 1.51 bits per heavy atom. The highest BCUT2D eigenvalue weighted by molar-refractivity contribution is 7.89. The van der Waals surface area contributed by atoms with Crippen LogP contribution in [0.4, 0.5) is 10.5 Å². The molecule has 0 saturated heterocycles. The van der Waals surface area contributed by atoms with Crippen LogP contribution in [-0.2, 0) is 58.6 Å². The van der Waals surface area contributed by atoms with Crippen LogP contribution in [0.25, 0.3) is 33.4 Å². The average molecular weight is 1060 g/mol. The standard InChI is InChI=1S/C55H61N7O11S2/c1-5-60(6-2)43-19-22-47-51(34-43)72-52-35-44(61(7-3)8-4)20-23-48(52)54(47)49-24-21-45(36-53(49)75(66,67)68)74(64,65)57-25-27-69-29-31-71-32-30-70-28-26-62-38-42(58-59-62)37-56-55(63)73-50-33-41-15-10-9-13-39(41)17-18-40-14-11-12-16-46(40)50/h9-16,19-24,34-36,38,50,57H,5-8,25-33,37H2,1-4H3,(H-,56,63,66,67,68). The number of amides is 1. The highest BCUT2D eigenvalue weighted by atomic mass is 32.2. The van der Waals surface area contributed by atoms with E-state index in [9.17, 15) is 26.2 Å². The van der Waals surface area contributed by atoms with E-state index in [-0.39, 0.29) is 50.0 Å². The Kier molecular flexibility index (Phi) is 18.1. The number of alkyl carbamates (subject to hydrolysis) is 1. The zero-order valence-electron chi connectivity index (χ0n) is 42.4. The number of ether oxygens (including phenoxy) is 4. The minimum Gasteiger partial charge on any atom is -0.744 e. The molecule has 4 aromatic carbocycles. The number of rotatable bonds is 24. The van der Waals surface area contributed by atoms with E-state index in [1.54, 1.807) is 10.9 Å². The lowest BCUT2D eigenvalue weighted by Gasteiger charge is -2.23. The Balaban J connectivity index is 0.776. The van der Waals surface area contributed by atoms with Crippen molar-refractivity contribution in [2.45, 2.75) is 63.1 Å². The third-order valence-electron chi connectivity index (χ3n) is 12.8. The van der Waals surface area contributed by atoms with E-state index in [0.29, 0.717) is 59.7 Å². The fourth-order valence-corrected chi connectivity index (χ4v) is 10.8. The van der Waals surface area contributed by atoms with Crippen LogP contribution in [0, 0.1) is 11.8 Å². The van der Waals surface area contributed by atoms with Crippen LogP contribution < -0.4 is 24.9 Å². The smallest absolute Gasteiger partial charge is 0.408 e. The minimum absolute atomic E-state index is 0.00334. The van der Waals surface area contributed by atoms with Gasteiger partial charge < -0.3 is 38.1 Å². The minimum atomic E-state index is -5.20. The lowest BCUT2D eigenvalue weighted by molar-refractivity contribution is 0.0138. The molecule has 8 rings (SSSR count). The molecule has 394 valence electrons. The van der Waals surface area contributed by atoms with E-state index in [4.69, 9.17) is 23.4 Å². The highest BCUT2D eigenvalue weighted by Gasteiger charge is 2.26. The van der Waals surface area contributed by atoms with Crippen LogP contribution in [0.15, 0.2) is 124 Å². The van der Waals surface area contributed by atoms with Gasteiger partial charge in [-0.1, -0.05) is 59.5 Å². The summed E-state index contributed by atoms with van der Waals surface area (Å²) in [5.74, 6) is 6.92. The van der Waals surface area contributed by atoms with Gasteiger partial charge in [0.2, 0.25) is 15.4 Å². The Hall–Kier alpha value is -6.96. The topological polar surface area (TPSA) is 219 Å². The second kappa shape index (κ2) is 25.0. The summed E-state index contributed by atoms with van der Waals surface area (Å²) in [6.07, 6.45) is 1.10. The Bertz CT molecular complexity index is 3470. The fraction of sp³-hybridized carbons (Fsp3) is 0.345. The van der Waals surface area contributed by atoms with Gasteiger partial charge >= 0.3 is 6.09 Å². The van der Waals surface area contributed by atoms with Gasteiger partial charge in [0.25, 0.3) is 0 Å². The summed E-state index contributed by atoms with van der Waals surface area (Å²) in [4.78, 5) is 14.0. The summed E-state index contributed by atoms with van der Waals surface area (Å²) in [5, 5.41) is 12.5. The Morgan fingerprint density at radius 3 is 2.25 bits per heavy atom. The van der Waals surface area contributed by atoms with Gasteiger partial charge in [0.05, 0.1) is 74.8 Å². The summed E-state index contributed by atoms with van der Waals surface area (Å²) in [7, 11) is -9.47. The molecule has 2 heterocycles. The normalized spacial score (nSPS) is 13.3. The molecule has 1 atom stereocenters. The number of carbonyl (C=O) groups excluding carboxylic acids is 1. The summed E-state index contributed by atoms with van der Waals surface area (Å²) >= 11 is 0. The third-order valence-corrected chi connectivity index (χ3v) is 15.1. The Morgan fingerprint density at radius 1 is 0.813 bits per heavy atom. The molecule has 3 aliphatic rings. The molecule has 5 aromatic rings. The molecule has 1 amide bonds. The number of hydrogen-bond donors (Lipinski definition) is 2. The number of carbonyl (C=O) groups is 1. The van der Waals surface area contributed by atoms with E-state index >= 15 is 0 Å². The summed E-state index contributed by atoms with van der Waals surface area (Å²) < 4.78 is 101. The Labute approximate surface area is 437 Å². The van der Waals surface area contributed by atoms with Crippen LogP contribution >= 0.6 is 0 Å². The van der Waals surface area contributed by atoms with Gasteiger partial charge in [-0.05, 0) is 75.7 Å². The first-order valence-electron chi connectivity index (χ1n) is 25.0. The first-order chi connectivity index (χ1) is 36.3. The van der Waals surface area contributed by atoms with Crippen molar-refractivity contribution < 1.29 is 49.5 Å². The van der Waals surface area contributed by atoms with E-state index in [1.165, 1.54) is 12.1 Å². The molecular weight excluding hydrogens is 999 g/mol. The molecule has 0 spiro atoms. The van der Waals surface area contributed by atoms with Gasteiger partial charge in [0, 0.05) is 82.6 Å². The van der Waals surface area contributed by atoms with Crippen molar-refractivity contribution in [1.29, 1.82) is 0 Å². The maximum absolute atomic E-state index is 13.5. The largest absolute Gasteiger partial charge is 0.744 e. The lowest BCUT2D eigenvalue weighted by Crippen LogP contribution is -2.29. The number of aromatic nitrogens is 3. The second-order valence-electron chi connectivity index (χ2n) is 17.4. The number of benzene rings is 5. The van der Waals surface area contributed by atoms with Crippen molar-refractivity contribution in [3.05, 3.63) is 143 Å². The number of anilines is 1. The summed E-state index contributed by atoms with van der Waals surface area (Å²) in [6, 6.07) is 30.3. The van der Waals surface area contributed by atoms with Gasteiger partial charge in [-0.3, -0.25) is 0 Å². The van der Waals surface area contributed by atoms with Gasteiger partial charge in [-0.15, -0.1) is 5.10 Å². The zero-order valence-corrected chi connectivity index (χ0v) is 44.0. The highest BCUT2D eigenvalue weighted by Crippen LogP contribution is 2.43. The van der Waals surface area contributed by atoms with E-state index in [2.05, 4.69) is 41.7 Å². The van der Waals surface area contributed by atoms with Crippen LogP contribution in [0.2, 0.25) is 0 Å². The van der Waals surface area contributed by atoms with E-state index in [0.717, 1.165) is 65.5 Å². The molecule has 1 aromatic heterocycles. The maximum Gasteiger partial charge on any atom is 0.408 e. The fourth-order valence-electron chi connectivity index (χ4n) is 8.97. The predicted molar refractivity (Wildman–Crippen MR) is 282 cm³/mol. The quantitative estimate of drug-likeness (QED) is 0.0223. The first-order valence-corrected chi connectivity index (χ1v) is 27.9. The molecule has 1 aliphatic heterocycles. The predicted octanol–water partition coefficient (Wildman–Crippen LogP) is 6.31. The number of nitrogens with zero attached hydrogens (tertiary/aromatic N) is 5. The van der Waals surface area contributed by atoms with Crippen molar-refractivity contribution in [3.63, 3.8) is 0 Å². The molecule has 1 unspecified atom stereocenters. The van der Waals surface area contributed by atoms with Gasteiger partial charge in [-0.2, -0.15) is 0 Å². The summed E-state index contributed by atoms with van der Waals surface area (Å²) in [6.45, 7) is 12.9. The van der Waals surface area contributed by atoms with Crippen LogP contribution in [0.1, 0.15) is 61.7 Å². The number of hydrogen-bond acceptors (Lipinski definition) is 14. The van der Waals surface area contributed by atoms with Crippen molar-refractivity contribution >= 4 is 42.9 Å². The molecule has 20 heteroatoms. The molecule has 75 heavy (non-hydrogen) atoms. The molecular formula is C55H61N7O11S2. The van der Waals surface area contributed by atoms with Crippen LogP contribution in [-0.4, -0.2) is 115 Å². The van der Waals surface area contributed by atoms with E-state index < -0.39 is 37.2 Å². The molecule has 0 fully saturated rings. The van der Waals surface area contributed by atoms with Crippen molar-refractivity contribution in [2.75, 3.05) is 77.3 Å². The number of sulfonamides is 1. The molecule has 0 saturated carbocycles. The van der Waals surface area contributed by atoms with Crippen molar-refractivity contribution in [3.8, 4) is 34.3 Å². The third kappa shape index (κ3) is 13.5. The van der Waals surface area contributed by atoms with Crippen LogP contribution in [0.3, 0.4) is 0 Å². The molecule has 2 aliphatic carbocycles. The molecule has 0 bridgehead atoms. The monoisotopic (exact) mass is 1060 g/mol. The van der Waals surface area contributed by atoms with Gasteiger partial charge in [0.15, 0.2) is 0 Å². The zero-order chi connectivity index (χ0) is 53.0. The van der Waals surface area contributed by atoms with Gasteiger partial charge in [0.1, 0.15) is 46.3 Å². The molecule has 2 N–H and O–H groups in total. The average Bonchev–Trinajstić information content (AvgIpc) is 3.86. The van der Waals surface area contributed by atoms with Crippen molar-refractivity contribution in [1.82, 2.24) is 29.6 Å². The second-order valence-corrected chi connectivity index (χ2v) is 20.6. The van der Waals surface area contributed by atoms with Crippen LogP contribution in [0.5, 0.6) is 0 Å². The maximum atomic E-state index is 13.5. The number of fused-ring (bicyclic) bond motifs is 4. The molecule has 0 radical (unpaired) electrons. The molecule has 18 nitrogen and oxygen atoms in total. The first kappa shape index (κ1) is 54.3.